The van der Waals surface area contributed by atoms with Crippen molar-refractivity contribution in [3.63, 3.8) is 0 Å². The van der Waals surface area contributed by atoms with Crippen molar-refractivity contribution in [3.05, 3.63) is 106 Å². The van der Waals surface area contributed by atoms with Crippen molar-refractivity contribution in [2.75, 3.05) is 14.2 Å². The van der Waals surface area contributed by atoms with Crippen LogP contribution in [0.15, 0.2) is 77.9 Å². The van der Waals surface area contributed by atoms with Gasteiger partial charge in [-0.3, -0.25) is 14.6 Å². The molecule has 3 aromatic heterocycles. The highest BCUT2D eigenvalue weighted by Gasteiger charge is 2.20. The number of rotatable bonds is 8. The molecule has 0 radical (unpaired) electrons. The first-order valence-corrected chi connectivity index (χ1v) is 12.4. The Bertz CT molecular complexity index is 1800. The molecule has 9 heteroatoms. The van der Waals surface area contributed by atoms with E-state index in [0.29, 0.717) is 27.9 Å². The number of hydrogen-bond acceptors (Lipinski definition) is 7. The normalized spacial score (nSPS) is 10.9. The Morgan fingerprint density at radius 1 is 0.975 bits per heavy atom. The average Bonchev–Trinajstić information content (AvgIpc) is 2.96. The van der Waals surface area contributed by atoms with Gasteiger partial charge in [0, 0.05) is 49.3 Å². The molecule has 0 saturated heterocycles. The zero-order valence-electron chi connectivity index (χ0n) is 22.4. The average molecular weight is 540 g/mol. The largest absolute Gasteiger partial charge is 0.491 e. The number of fused-ring (bicyclic) bond motifs is 1. The SMILES string of the molecule is COc1cc2nccc(Oc3ccc(CC(=O)c4cn(C)c(C)c(-c5ccccc5)c4=O)cc3F)c2nc1OC. The number of aromatic nitrogens is 3. The number of methoxy groups -OCH3 is 2. The van der Waals surface area contributed by atoms with Crippen molar-refractivity contribution in [2.24, 2.45) is 7.05 Å². The number of hydrogen-bond donors (Lipinski definition) is 0. The van der Waals surface area contributed by atoms with E-state index in [0.717, 1.165) is 11.3 Å². The number of benzene rings is 2. The van der Waals surface area contributed by atoms with Crippen LogP contribution in [0.5, 0.6) is 23.1 Å². The minimum absolute atomic E-state index is 0.0476. The summed E-state index contributed by atoms with van der Waals surface area (Å²) in [5, 5.41) is 0. The van der Waals surface area contributed by atoms with E-state index >= 15 is 4.39 Å². The van der Waals surface area contributed by atoms with Crippen LogP contribution in [0.1, 0.15) is 21.6 Å². The molecule has 0 amide bonds. The van der Waals surface area contributed by atoms with Crippen LogP contribution in [0.2, 0.25) is 0 Å². The van der Waals surface area contributed by atoms with E-state index in [-0.39, 0.29) is 34.8 Å². The third kappa shape index (κ3) is 5.01. The van der Waals surface area contributed by atoms with Gasteiger partial charge in [0.2, 0.25) is 0 Å². The monoisotopic (exact) mass is 539 g/mol. The van der Waals surface area contributed by atoms with Crippen LogP contribution in [-0.2, 0) is 13.5 Å². The second-order valence-electron chi connectivity index (χ2n) is 9.15. The van der Waals surface area contributed by atoms with Crippen molar-refractivity contribution in [1.29, 1.82) is 0 Å². The first-order chi connectivity index (χ1) is 19.3. The van der Waals surface area contributed by atoms with E-state index < -0.39 is 11.6 Å². The Morgan fingerprint density at radius 2 is 1.75 bits per heavy atom. The van der Waals surface area contributed by atoms with Gasteiger partial charge in [0.25, 0.3) is 5.88 Å². The number of carbonyl (C=O) groups excluding carboxylic acids is 1. The molecule has 0 bridgehead atoms. The van der Waals surface area contributed by atoms with Crippen LogP contribution < -0.4 is 19.6 Å². The van der Waals surface area contributed by atoms with E-state index in [1.807, 2.05) is 37.3 Å². The standard InChI is InChI=1S/C31H26FN3O5/c1-18-28(20-8-6-5-7-9-20)30(37)21(17-35(18)2)24(36)15-19-10-11-25(22(32)14-19)40-26-12-13-33-23-16-27(38-3)31(39-4)34-29(23)26/h5-14,16-17H,15H2,1-4H3. The van der Waals surface area contributed by atoms with Gasteiger partial charge in [0.05, 0.1) is 25.3 Å². The third-order valence-electron chi connectivity index (χ3n) is 6.65. The third-order valence-corrected chi connectivity index (χ3v) is 6.65. The lowest BCUT2D eigenvalue weighted by Gasteiger charge is -2.14. The van der Waals surface area contributed by atoms with Crippen molar-refractivity contribution in [1.82, 2.24) is 14.5 Å². The number of Topliss-reactive ketones (excluding diaryl/α,β-unsaturated/α-hetero) is 1. The van der Waals surface area contributed by atoms with Crippen LogP contribution in [0.25, 0.3) is 22.2 Å². The summed E-state index contributed by atoms with van der Waals surface area (Å²) in [5.74, 6) is -0.226. The van der Waals surface area contributed by atoms with Crippen LogP contribution in [-0.4, -0.2) is 34.5 Å². The molecule has 0 atom stereocenters. The number of aryl methyl sites for hydroxylation is 1. The molecule has 202 valence electrons. The molecule has 40 heavy (non-hydrogen) atoms. The fourth-order valence-corrected chi connectivity index (χ4v) is 4.49. The molecular formula is C31H26FN3O5. The Kier molecular flexibility index (Phi) is 7.29. The number of ether oxygens (including phenoxy) is 3. The number of halogens is 1. The molecule has 0 fully saturated rings. The number of carbonyl (C=O) groups is 1. The maximum Gasteiger partial charge on any atom is 0.257 e. The van der Waals surface area contributed by atoms with Gasteiger partial charge in [0.15, 0.2) is 34.3 Å². The van der Waals surface area contributed by atoms with Gasteiger partial charge in [-0.25, -0.2) is 9.37 Å². The van der Waals surface area contributed by atoms with E-state index in [1.54, 1.807) is 29.8 Å². The summed E-state index contributed by atoms with van der Waals surface area (Å²) >= 11 is 0. The quantitative estimate of drug-likeness (QED) is 0.234. The predicted octanol–water partition coefficient (Wildman–Crippen LogP) is 5.68. The van der Waals surface area contributed by atoms with Crippen LogP contribution in [0.4, 0.5) is 4.39 Å². The number of nitrogens with zero attached hydrogens (tertiary/aromatic N) is 3. The Balaban J connectivity index is 1.42. The summed E-state index contributed by atoms with van der Waals surface area (Å²) in [4.78, 5) is 35.2. The highest BCUT2D eigenvalue weighted by molar-refractivity contribution is 5.98. The Morgan fingerprint density at radius 3 is 2.45 bits per heavy atom. The molecular weight excluding hydrogens is 513 g/mol. The molecule has 0 aliphatic carbocycles. The summed E-state index contributed by atoms with van der Waals surface area (Å²) in [6.45, 7) is 1.83. The zero-order valence-corrected chi connectivity index (χ0v) is 22.4. The molecule has 0 saturated carbocycles. The summed E-state index contributed by atoms with van der Waals surface area (Å²) in [7, 11) is 4.74. The maximum absolute atomic E-state index is 15.2. The summed E-state index contributed by atoms with van der Waals surface area (Å²) in [6.07, 6.45) is 2.90. The summed E-state index contributed by atoms with van der Waals surface area (Å²) in [5.41, 5.74) is 2.89. The number of ketones is 1. The molecule has 0 aliphatic rings. The predicted molar refractivity (Wildman–Crippen MR) is 149 cm³/mol. The molecule has 5 rings (SSSR count). The van der Waals surface area contributed by atoms with Crippen LogP contribution in [0, 0.1) is 12.7 Å². The summed E-state index contributed by atoms with van der Waals surface area (Å²) in [6, 6.07) is 16.7. The molecule has 3 heterocycles. The molecule has 0 unspecified atom stereocenters. The molecule has 0 N–H and O–H groups in total. The minimum Gasteiger partial charge on any atom is -0.491 e. The van der Waals surface area contributed by atoms with E-state index in [2.05, 4.69) is 9.97 Å². The highest BCUT2D eigenvalue weighted by atomic mass is 19.1. The van der Waals surface area contributed by atoms with Crippen LogP contribution >= 0.6 is 0 Å². The second-order valence-corrected chi connectivity index (χ2v) is 9.15. The molecule has 2 aromatic carbocycles. The number of pyridine rings is 3. The lowest BCUT2D eigenvalue weighted by Crippen LogP contribution is -2.22. The van der Waals surface area contributed by atoms with Crippen LogP contribution in [0.3, 0.4) is 0 Å². The van der Waals surface area contributed by atoms with E-state index in [1.165, 1.54) is 38.7 Å². The first kappa shape index (κ1) is 26.6. The van der Waals surface area contributed by atoms with Crippen molar-refractivity contribution in [3.8, 4) is 34.3 Å². The fraction of sp³-hybridized carbons (Fsp3) is 0.161. The molecule has 5 aromatic rings. The van der Waals surface area contributed by atoms with E-state index in [9.17, 15) is 9.59 Å². The van der Waals surface area contributed by atoms with Gasteiger partial charge in [-0.05, 0) is 30.2 Å². The van der Waals surface area contributed by atoms with Gasteiger partial charge < -0.3 is 18.8 Å². The van der Waals surface area contributed by atoms with E-state index in [4.69, 9.17) is 14.2 Å². The fourth-order valence-electron chi connectivity index (χ4n) is 4.49. The summed E-state index contributed by atoms with van der Waals surface area (Å²) < 4.78 is 33.3. The lowest BCUT2D eigenvalue weighted by molar-refractivity contribution is 0.0991. The zero-order chi connectivity index (χ0) is 28.4. The molecule has 0 aliphatic heterocycles. The Hall–Kier alpha value is -5.05. The van der Waals surface area contributed by atoms with Gasteiger partial charge in [-0.2, -0.15) is 0 Å². The van der Waals surface area contributed by atoms with Crippen molar-refractivity contribution in [2.45, 2.75) is 13.3 Å². The second kappa shape index (κ2) is 11.0. The van der Waals surface area contributed by atoms with Crippen molar-refractivity contribution < 1.29 is 23.4 Å². The smallest absolute Gasteiger partial charge is 0.257 e. The van der Waals surface area contributed by atoms with Gasteiger partial charge in [-0.15, -0.1) is 0 Å². The highest BCUT2D eigenvalue weighted by Crippen LogP contribution is 2.34. The van der Waals surface area contributed by atoms with Crippen molar-refractivity contribution >= 4 is 16.8 Å². The molecule has 0 spiro atoms. The van der Waals surface area contributed by atoms with Gasteiger partial charge in [0.1, 0.15) is 5.52 Å². The lowest BCUT2D eigenvalue weighted by atomic mass is 9.97. The topological polar surface area (TPSA) is 92.5 Å². The van der Waals surface area contributed by atoms with Gasteiger partial charge in [-0.1, -0.05) is 36.4 Å². The van der Waals surface area contributed by atoms with Gasteiger partial charge >= 0.3 is 0 Å². The maximum atomic E-state index is 15.2. The Labute approximate surface area is 229 Å². The molecule has 8 nitrogen and oxygen atoms in total. The first-order valence-electron chi connectivity index (χ1n) is 12.4. The minimum atomic E-state index is -0.669.